The van der Waals surface area contributed by atoms with E-state index in [1.54, 1.807) is 0 Å². The van der Waals surface area contributed by atoms with Gasteiger partial charge >= 0.3 is 0 Å². The van der Waals surface area contributed by atoms with Crippen LogP contribution in [0.3, 0.4) is 0 Å². The maximum atomic E-state index is 12.0. The third kappa shape index (κ3) is 7.64. The smallest absolute Gasteiger partial charge is 0.248 e. The molecule has 2 fully saturated rings. The van der Waals surface area contributed by atoms with Crippen molar-refractivity contribution in [3.05, 3.63) is 0 Å². The lowest BCUT2D eigenvalue weighted by Crippen LogP contribution is -2.47. The van der Waals surface area contributed by atoms with Gasteiger partial charge in [0.2, 0.25) is 5.91 Å². The van der Waals surface area contributed by atoms with Gasteiger partial charge in [-0.05, 0) is 25.3 Å². The number of carbonyl (C=O) groups is 1. The van der Waals surface area contributed by atoms with E-state index in [0.717, 1.165) is 71.1 Å². The highest BCUT2D eigenvalue weighted by Gasteiger charge is 2.20. The van der Waals surface area contributed by atoms with Crippen molar-refractivity contribution in [2.24, 2.45) is 5.92 Å². The summed E-state index contributed by atoms with van der Waals surface area (Å²) in [6.45, 7) is 17.8. The van der Waals surface area contributed by atoms with Crippen LogP contribution < -0.4 is 0 Å². The molecule has 23 heavy (non-hydrogen) atoms. The zero-order valence-electron chi connectivity index (χ0n) is 15.7. The molecule has 0 atom stereocenters. The SMILES string of the molecule is CC.CCN1CCN(CCOCC(=O)N2CCC(C)CC2)CC1. The van der Waals surface area contributed by atoms with E-state index in [2.05, 4.69) is 23.6 Å². The fraction of sp³-hybridized carbons (Fsp3) is 0.944. The van der Waals surface area contributed by atoms with Gasteiger partial charge in [0.25, 0.3) is 0 Å². The number of rotatable bonds is 6. The number of likely N-dealkylation sites (N-methyl/N-ethyl adjacent to an activating group) is 1. The van der Waals surface area contributed by atoms with Gasteiger partial charge in [-0.1, -0.05) is 27.7 Å². The van der Waals surface area contributed by atoms with Crippen molar-refractivity contribution in [1.82, 2.24) is 14.7 Å². The van der Waals surface area contributed by atoms with Crippen molar-refractivity contribution in [2.45, 2.75) is 40.5 Å². The van der Waals surface area contributed by atoms with Crippen LogP contribution in [-0.2, 0) is 9.53 Å². The Kier molecular flexibility index (Phi) is 10.5. The summed E-state index contributed by atoms with van der Waals surface area (Å²) in [6, 6.07) is 0. The van der Waals surface area contributed by atoms with E-state index >= 15 is 0 Å². The summed E-state index contributed by atoms with van der Waals surface area (Å²) >= 11 is 0. The van der Waals surface area contributed by atoms with Crippen LogP contribution in [0.25, 0.3) is 0 Å². The van der Waals surface area contributed by atoms with Crippen molar-refractivity contribution >= 4 is 5.91 Å². The molecular formula is C18H37N3O2. The molecule has 0 aromatic heterocycles. The van der Waals surface area contributed by atoms with Crippen LogP contribution in [0.4, 0.5) is 0 Å². The van der Waals surface area contributed by atoms with E-state index < -0.39 is 0 Å². The average Bonchev–Trinajstić information content (AvgIpc) is 2.61. The molecular weight excluding hydrogens is 290 g/mol. The number of hydrogen-bond acceptors (Lipinski definition) is 4. The molecule has 0 unspecified atom stereocenters. The van der Waals surface area contributed by atoms with E-state index in [4.69, 9.17) is 4.74 Å². The predicted molar refractivity (Wildman–Crippen MR) is 95.7 cm³/mol. The highest BCUT2D eigenvalue weighted by atomic mass is 16.5. The first kappa shape index (κ1) is 20.4. The number of amides is 1. The third-order valence-electron chi connectivity index (χ3n) is 4.83. The second-order valence-electron chi connectivity index (χ2n) is 6.39. The van der Waals surface area contributed by atoms with Crippen LogP contribution in [0.1, 0.15) is 40.5 Å². The summed E-state index contributed by atoms with van der Waals surface area (Å²) < 4.78 is 5.58. The fourth-order valence-corrected chi connectivity index (χ4v) is 3.03. The van der Waals surface area contributed by atoms with Gasteiger partial charge in [0.1, 0.15) is 6.61 Å². The number of carbonyl (C=O) groups excluding carboxylic acids is 1. The highest BCUT2D eigenvalue weighted by molar-refractivity contribution is 5.77. The fourth-order valence-electron chi connectivity index (χ4n) is 3.03. The van der Waals surface area contributed by atoms with Gasteiger partial charge in [-0.3, -0.25) is 9.69 Å². The number of piperidine rings is 1. The number of likely N-dealkylation sites (tertiary alicyclic amines) is 1. The maximum absolute atomic E-state index is 12.0. The summed E-state index contributed by atoms with van der Waals surface area (Å²) in [5, 5.41) is 0. The lowest BCUT2D eigenvalue weighted by Gasteiger charge is -2.34. The van der Waals surface area contributed by atoms with Crippen LogP contribution in [0.15, 0.2) is 0 Å². The standard InChI is InChI=1S/C16H31N3O2.C2H6/c1-3-17-8-10-18(11-9-17)12-13-21-14-16(20)19-6-4-15(2)5-7-19;1-2/h15H,3-14H2,1-2H3;1-2H3. The zero-order valence-corrected chi connectivity index (χ0v) is 15.7. The minimum absolute atomic E-state index is 0.165. The van der Waals surface area contributed by atoms with Gasteiger partial charge < -0.3 is 14.5 Å². The normalized spacial score (nSPS) is 21.0. The Balaban J connectivity index is 0.00000127. The zero-order chi connectivity index (χ0) is 17.1. The molecule has 0 N–H and O–H groups in total. The van der Waals surface area contributed by atoms with Gasteiger partial charge in [0, 0.05) is 45.8 Å². The molecule has 0 bridgehead atoms. The molecule has 2 saturated heterocycles. The summed E-state index contributed by atoms with van der Waals surface area (Å²) in [7, 11) is 0. The van der Waals surface area contributed by atoms with Crippen LogP contribution in [0, 0.1) is 5.92 Å². The molecule has 136 valence electrons. The molecule has 2 rings (SSSR count). The lowest BCUT2D eigenvalue weighted by molar-refractivity contribution is -0.137. The van der Waals surface area contributed by atoms with Crippen molar-refractivity contribution in [3.8, 4) is 0 Å². The van der Waals surface area contributed by atoms with Crippen molar-refractivity contribution in [2.75, 3.05) is 65.6 Å². The number of hydrogen-bond donors (Lipinski definition) is 0. The molecule has 0 aromatic rings. The average molecular weight is 328 g/mol. The molecule has 0 saturated carbocycles. The Morgan fingerprint density at radius 1 is 1.00 bits per heavy atom. The van der Waals surface area contributed by atoms with E-state index in [1.165, 1.54) is 0 Å². The van der Waals surface area contributed by atoms with Crippen molar-refractivity contribution in [3.63, 3.8) is 0 Å². The van der Waals surface area contributed by atoms with E-state index in [0.29, 0.717) is 6.61 Å². The number of ether oxygens (including phenoxy) is 1. The molecule has 5 nitrogen and oxygen atoms in total. The second kappa shape index (κ2) is 11.8. The molecule has 0 spiro atoms. The molecule has 1 amide bonds. The van der Waals surface area contributed by atoms with Gasteiger partial charge in [-0.15, -0.1) is 0 Å². The van der Waals surface area contributed by atoms with E-state index in [-0.39, 0.29) is 12.5 Å². The number of piperazine rings is 1. The Bertz CT molecular complexity index is 309. The van der Waals surface area contributed by atoms with Crippen LogP contribution in [0.5, 0.6) is 0 Å². The van der Waals surface area contributed by atoms with Gasteiger partial charge in [0.15, 0.2) is 0 Å². The molecule has 2 aliphatic heterocycles. The Labute approximate surface area is 142 Å². The molecule has 2 aliphatic rings. The Hall–Kier alpha value is -0.650. The van der Waals surface area contributed by atoms with Gasteiger partial charge in [-0.2, -0.15) is 0 Å². The Morgan fingerprint density at radius 3 is 2.13 bits per heavy atom. The first-order valence-electron chi connectivity index (χ1n) is 9.49. The molecule has 0 radical (unpaired) electrons. The lowest BCUT2D eigenvalue weighted by atomic mass is 9.99. The molecule has 0 aromatic carbocycles. The maximum Gasteiger partial charge on any atom is 0.248 e. The quantitative estimate of drug-likeness (QED) is 0.699. The summed E-state index contributed by atoms with van der Waals surface area (Å²) in [6.07, 6.45) is 2.26. The monoisotopic (exact) mass is 327 g/mol. The van der Waals surface area contributed by atoms with Crippen molar-refractivity contribution in [1.29, 1.82) is 0 Å². The van der Waals surface area contributed by atoms with Crippen molar-refractivity contribution < 1.29 is 9.53 Å². The number of nitrogens with zero attached hydrogens (tertiary/aromatic N) is 3. The molecule has 2 heterocycles. The topological polar surface area (TPSA) is 36.0 Å². The summed E-state index contributed by atoms with van der Waals surface area (Å²) in [4.78, 5) is 18.9. The summed E-state index contributed by atoms with van der Waals surface area (Å²) in [5.41, 5.74) is 0. The second-order valence-corrected chi connectivity index (χ2v) is 6.39. The van der Waals surface area contributed by atoms with E-state index in [1.807, 2.05) is 18.7 Å². The highest BCUT2D eigenvalue weighted by Crippen LogP contribution is 2.15. The van der Waals surface area contributed by atoms with E-state index in [9.17, 15) is 4.79 Å². The minimum Gasteiger partial charge on any atom is -0.370 e. The summed E-state index contributed by atoms with van der Waals surface area (Å²) in [5.74, 6) is 0.925. The van der Waals surface area contributed by atoms with Gasteiger partial charge in [0.05, 0.1) is 6.61 Å². The Morgan fingerprint density at radius 2 is 1.57 bits per heavy atom. The first-order valence-corrected chi connectivity index (χ1v) is 9.49. The first-order chi connectivity index (χ1) is 11.2. The van der Waals surface area contributed by atoms with Crippen LogP contribution in [-0.4, -0.2) is 86.2 Å². The predicted octanol–water partition coefficient (Wildman–Crippen LogP) is 1.93. The molecule has 0 aliphatic carbocycles. The largest absolute Gasteiger partial charge is 0.370 e. The minimum atomic E-state index is 0.165. The van der Waals surface area contributed by atoms with Crippen LogP contribution in [0.2, 0.25) is 0 Å². The molecule has 5 heteroatoms. The third-order valence-corrected chi connectivity index (χ3v) is 4.83. The van der Waals surface area contributed by atoms with Crippen LogP contribution >= 0.6 is 0 Å². The van der Waals surface area contributed by atoms with Gasteiger partial charge in [-0.25, -0.2) is 0 Å².